The first-order chi connectivity index (χ1) is 28.6. The van der Waals surface area contributed by atoms with E-state index in [0.717, 1.165) is 40.1 Å². The molecule has 3 N–H and O–H groups in total. The standard InChI is InChI=1S/C45H51N7O6S/c1-26-5-3-8-32(47-26)40(54)48-33-22-37-34(21-36(33)58-2)49-42(59-37)29-11-9-27(10-12-29)25-51-19-16-45(17-20-51)23-28(24-45)15-18-46-31-7-4-6-30-39(31)44(57)52(43(30)56)35-13-14-38(53)50-41(35)55/h3-8,21-22,27-29,35,46H,9-20,23-25H2,1-2H3,(H,48,54)(H,50,53,55)/t27-,29-,35?. The number of nitrogens with zero attached hydrogens (tertiary/aromatic N) is 4. The Hall–Kier alpha value is -5.21. The van der Waals surface area contributed by atoms with Gasteiger partial charge in [-0.15, -0.1) is 11.3 Å². The van der Waals surface area contributed by atoms with E-state index in [0.29, 0.717) is 63.7 Å². The number of carbonyl (C=O) groups is 5. The van der Waals surface area contributed by atoms with Crippen LogP contribution in [-0.4, -0.2) is 88.6 Å². The lowest BCUT2D eigenvalue weighted by molar-refractivity contribution is -0.136. The molecule has 2 saturated heterocycles. The van der Waals surface area contributed by atoms with E-state index in [1.807, 2.05) is 37.3 Å². The number of hydrogen-bond acceptors (Lipinski definition) is 11. The number of rotatable bonds is 11. The molecule has 0 radical (unpaired) electrons. The maximum absolute atomic E-state index is 13.4. The molecule has 2 aromatic heterocycles. The zero-order chi connectivity index (χ0) is 40.8. The number of imide groups is 2. The van der Waals surface area contributed by atoms with Crippen LogP contribution in [0.3, 0.4) is 0 Å². The molecule has 4 aromatic rings. The number of methoxy groups -OCH3 is 1. The van der Waals surface area contributed by atoms with Crippen LogP contribution in [-0.2, 0) is 9.59 Å². The Balaban J connectivity index is 0.713. The van der Waals surface area contributed by atoms with Crippen LogP contribution in [0.4, 0.5) is 11.4 Å². The third-order valence-corrected chi connectivity index (χ3v) is 14.7. The van der Waals surface area contributed by atoms with Crippen LogP contribution in [0.1, 0.15) is 118 Å². The van der Waals surface area contributed by atoms with Crippen molar-refractivity contribution in [2.24, 2.45) is 17.3 Å². The highest BCUT2D eigenvalue weighted by atomic mass is 32.1. The number of aromatic nitrogens is 2. The van der Waals surface area contributed by atoms with E-state index in [1.54, 1.807) is 36.6 Å². The Bertz CT molecular complexity index is 2320. The topological polar surface area (TPSA) is 163 Å². The maximum Gasteiger partial charge on any atom is 0.274 e. The van der Waals surface area contributed by atoms with Gasteiger partial charge in [-0.05, 0) is 132 Å². The van der Waals surface area contributed by atoms with Crippen molar-refractivity contribution in [3.8, 4) is 5.75 Å². The Kier molecular flexibility index (Phi) is 10.7. The van der Waals surface area contributed by atoms with Gasteiger partial charge in [-0.25, -0.2) is 9.97 Å². The third-order valence-electron chi connectivity index (χ3n) is 13.5. The number of benzene rings is 2. The summed E-state index contributed by atoms with van der Waals surface area (Å²) >= 11 is 1.73. The monoisotopic (exact) mass is 817 g/mol. The first-order valence-corrected chi connectivity index (χ1v) is 21.9. The number of thiazole rings is 1. The van der Waals surface area contributed by atoms with Crippen molar-refractivity contribution in [1.82, 2.24) is 25.1 Å². The molecule has 14 heteroatoms. The average molecular weight is 818 g/mol. The number of pyridine rings is 1. The molecule has 5 aliphatic rings. The number of piperidine rings is 2. The number of likely N-dealkylation sites (tertiary alicyclic amines) is 1. The maximum atomic E-state index is 13.4. The second-order valence-corrected chi connectivity index (χ2v) is 18.4. The molecule has 1 spiro atoms. The van der Waals surface area contributed by atoms with Gasteiger partial charge in [-0.1, -0.05) is 12.1 Å². The quantitative estimate of drug-likeness (QED) is 0.135. The molecule has 1 unspecified atom stereocenters. The van der Waals surface area contributed by atoms with Crippen molar-refractivity contribution in [2.45, 2.75) is 89.5 Å². The molecule has 2 aliphatic carbocycles. The van der Waals surface area contributed by atoms with Gasteiger partial charge < -0.3 is 20.3 Å². The lowest BCUT2D eigenvalue weighted by Gasteiger charge is -2.53. The summed E-state index contributed by atoms with van der Waals surface area (Å²) in [6, 6.07) is 13.6. The van der Waals surface area contributed by atoms with E-state index in [1.165, 1.54) is 63.2 Å². The fraction of sp³-hybridized carbons (Fsp3) is 0.489. The van der Waals surface area contributed by atoms with Crippen LogP contribution in [0.25, 0.3) is 10.2 Å². The molecule has 0 bridgehead atoms. The highest BCUT2D eigenvalue weighted by Gasteiger charge is 2.47. The number of aryl methyl sites for hydroxylation is 1. The molecule has 1 atom stereocenters. The summed E-state index contributed by atoms with van der Waals surface area (Å²) < 4.78 is 6.68. The first-order valence-electron chi connectivity index (χ1n) is 21.1. The number of ether oxygens (including phenoxy) is 1. The Morgan fingerprint density at radius 1 is 0.932 bits per heavy atom. The van der Waals surface area contributed by atoms with Gasteiger partial charge >= 0.3 is 0 Å². The number of hydrogen-bond donors (Lipinski definition) is 3. The van der Waals surface area contributed by atoms with Gasteiger partial charge in [0.25, 0.3) is 17.7 Å². The van der Waals surface area contributed by atoms with E-state index < -0.39 is 23.8 Å². The second kappa shape index (κ2) is 16.1. The lowest BCUT2D eigenvalue weighted by atomic mass is 9.57. The summed E-state index contributed by atoms with van der Waals surface area (Å²) in [5, 5.41) is 9.85. The molecule has 3 aliphatic heterocycles. The van der Waals surface area contributed by atoms with Crippen molar-refractivity contribution in [2.75, 3.05) is 43.9 Å². The van der Waals surface area contributed by atoms with Crippen LogP contribution in [0.5, 0.6) is 5.75 Å². The van der Waals surface area contributed by atoms with Crippen molar-refractivity contribution in [1.29, 1.82) is 0 Å². The molecule has 13 nitrogen and oxygen atoms in total. The molecule has 308 valence electrons. The summed E-state index contributed by atoms with van der Waals surface area (Å²) in [6.07, 6.45) is 11.0. The lowest BCUT2D eigenvalue weighted by Crippen LogP contribution is -2.54. The summed E-state index contributed by atoms with van der Waals surface area (Å²) in [5.41, 5.74) is 4.38. The van der Waals surface area contributed by atoms with Crippen molar-refractivity contribution >= 4 is 62.5 Å². The van der Waals surface area contributed by atoms with Crippen molar-refractivity contribution in [3.05, 3.63) is 76.1 Å². The number of fused-ring (bicyclic) bond motifs is 2. The predicted molar refractivity (Wildman–Crippen MR) is 225 cm³/mol. The van der Waals surface area contributed by atoms with Crippen molar-refractivity contribution in [3.63, 3.8) is 0 Å². The smallest absolute Gasteiger partial charge is 0.274 e. The minimum Gasteiger partial charge on any atom is -0.494 e. The number of anilines is 2. The number of nitrogens with one attached hydrogen (secondary N) is 3. The third kappa shape index (κ3) is 7.84. The Morgan fingerprint density at radius 2 is 1.71 bits per heavy atom. The van der Waals surface area contributed by atoms with E-state index in [-0.39, 0.29) is 24.7 Å². The van der Waals surface area contributed by atoms with E-state index in [4.69, 9.17) is 9.72 Å². The molecule has 59 heavy (non-hydrogen) atoms. The molecule has 9 rings (SSSR count). The van der Waals surface area contributed by atoms with Gasteiger partial charge in [0.1, 0.15) is 17.5 Å². The van der Waals surface area contributed by atoms with Crippen LogP contribution >= 0.6 is 11.3 Å². The van der Waals surface area contributed by atoms with Gasteiger partial charge in [0.05, 0.1) is 39.1 Å². The Morgan fingerprint density at radius 3 is 2.46 bits per heavy atom. The van der Waals surface area contributed by atoms with E-state index in [9.17, 15) is 24.0 Å². The summed E-state index contributed by atoms with van der Waals surface area (Å²) in [7, 11) is 1.61. The minimum atomic E-state index is -0.968. The second-order valence-electron chi connectivity index (χ2n) is 17.4. The predicted octanol–water partition coefficient (Wildman–Crippen LogP) is 6.93. The normalized spacial score (nSPS) is 23.3. The molecular weight excluding hydrogens is 767 g/mol. The van der Waals surface area contributed by atoms with Crippen molar-refractivity contribution < 1.29 is 28.7 Å². The number of amides is 5. The van der Waals surface area contributed by atoms with Gasteiger partial charge in [0, 0.05) is 42.9 Å². The van der Waals surface area contributed by atoms with Gasteiger partial charge in [-0.2, -0.15) is 0 Å². The molecule has 2 aromatic carbocycles. The largest absolute Gasteiger partial charge is 0.494 e. The average Bonchev–Trinajstić information content (AvgIpc) is 3.75. The van der Waals surface area contributed by atoms with Gasteiger partial charge in [0.2, 0.25) is 11.8 Å². The highest BCUT2D eigenvalue weighted by molar-refractivity contribution is 7.18. The van der Waals surface area contributed by atoms with Crippen LogP contribution in [0.15, 0.2) is 48.5 Å². The SMILES string of the molecule is COc1cc2nc([C@H]3CC[C@H](CN4CCC5(CC4)CC(CCNc4cccc6c4C(=O)N(C4CCC(=O)NC4=O)C6=O)C5)CC3)sc2cc1NC(=O)c1cccc(C)n1. The van der Waals surface area contributed by atoms with Crippen LogP contribution < -0.4 is 20.7 Å². The number of carbonyl (C=O) groups excluding carboxylic acids is 5. The molecule has 5 amide bonds. The Labute approximate surface area is 347 Å². The van der Waals surface area contributed by atoms with E-state index >= 15 is 0 Å². The molecular formula is C45H51N7O6S. The van der Waals surface area contributed by atoms with Crippen LogP contribution in [0, 0.1) is 24.2 Å². The fourth-order valence-corrected chi connectivity index (χ4v) is 11.4. The summed E-state index contributed by atoms with van der Waals surface area (Å²) in [5.74, 6) is 0.189. The molecule has 4 fully saturated rings. The first kappa shape index (κ1) is 39.3. The summed E-state index contributed by atoms with van der Waals surface area (Å²) in [4.78, 5) is 76.9. The van der Waals surface area contributed by atoms with E-state index in [2.05, 4.69) is 25.8 Å². The fourth-order valence-electron chi connectivity index (χ4n) is 10.3. The van der Waals surface area contributed by atoms with Crippen LogP contribution in [0.2, 0.25) is 0 Å². The summed E-state index contributed by atoms with van der Waals surface area (Å²) in [6.45, 7) is 6.09. The van der Waals surface area contributed by atoms with Gasteiger partial charge in [0.15, 0.2) is 0 Å². The minimum absolute atomic E-state index is 0.0997. The van der Waals surface area contributed by atoms with Gasteiger partial charge in [-0.3, -0.25) is 34.2 Å². The molecule has 5 heterocycles. The zero-order valence-electron chi connectivity index (χ0n) is 33.7. The molecule has 2 saturated carbocycles. The zero-order valence-corrected chi connectivity index (χ0v) is 34.5. The highest BCUT2D eigenvalue weighted by Crippen LogP contribution is 2.54.